The minimum atomic E-state index is 0.113. The van der Waals surface area contributed by atoms with Crippen molar-refractivity contribution in [2.24, 2.45) is 0 Å². The summed E-state index contributed by atoms with van der Waals surface area (Å²) in [5.41, 5.74) is 3.68. The van der Waals surface area contributed by atoms with Crippen molar-refractivity contribution < 1.29 is 4.79 Å². The van der Waals surface area contributed by atoms with Gasteiger partial charge in [-0.1, -0.05) is 18.2 Å². The van der Waals surface area contributed by atoms with E-state index in [2.05, 4.69) is 24.0 Å². The maximum Gasteiger partial charge on any atom is 0.219 e. The number of aryl methyl sites for hydroxylation is 1. The van der Waals surface area contributed by atoms with E-state index in [4.69, 9.17) is 0 Å². The molecule has 1 aromatic carbocycles. The second-order valence-corrected chi connectivity index (χ2v) is 4.46. The molecule has 0 saturated heterocycles. The van der Waals surface area contributed by atoms with Crippen molar-refractivity contribution >= 4 is 16.8 Å². The predicted octanol–water partition coefficient (Wildman–Crippen LogP) is 2.50. The van der Waals surface area contributed by atoms with Gasteiger partial charge >= 0.3 is 0 Å². The molecular weight excluding hydrogens is 212 g/mol. The molecule has 2 aromatic rings. The highest BCUT2D eigenvalue weighted by Crippen LogP contribution is 2.22. The highest BCUT2D eigenvalue weighted by molar-refractivity contribution is 5.84. The van der Waals surface area contributed by atoms with Crippen molar-refractivity contribution in [3.63, 3.8) is 0 Å². The molecule has 0 aliphatic heterocycles. The lowest BCUT2D eigenvalue weighted by Crippen LogP contribution is -2.26. The highest BCUT2D eigenvalue weighted by atomic mass is 16.2. The molecule has 1 heterocycles. The number of amides is 1. The summed E-state index contributed by atoms with van der Waals surface area (Å²) in [6, 6.07) is 8.29. The quantitative estimate of drug-likeness (QED) is 0.864. The normalized spacial score (nSPS) is 10.8. The van der Waals surface area contributed by atoms with Crippen LogP contribution < -0.4 is 0 Å². The SMILES string of the molecule is CC(=O)N(C)CCc1c(C)[nH]c2ccccc12. The zero-order valence-corrected chi connectivity index (χ0v) is 10.6. The lowest BCUT2D eigenvalue weighted by atomic mass is 10.1. The summed E-state index contributed by atoms with van der Waals surface area (Å²) < 4.78 is 0. The number of nitrogens with one attached hydrogen (secondary N) is 1. The van der Waals surface area contributed by atoms with Gasteiger partial charge in [0.1, 0.15) is 0 Å². The predicted molar refractivity (Wildman–Crippen MR) is 70.1 cm³/mol. The van der Waals surface area contributed by atoms with Crippen LogP contribution in [-0.2, 0) is 11.2 Å². The van der Waals surface area contributed by atoms with Crippen LogP contribution in [0.5, 0.6) is 0 Å². The van der Waals surface area contributed by atoms with E-state index in [9.17, 15) is 4.79 Å². The van der Waals surface area contributed by atoms with E-state index in [1.807, 2.05) is 19.2 Å². The van der Waals surface area contributed by atoms with E-state index in [-0.39, 0.29) is 5.91 Å². The van der Waals surface area contributed by atoms with Gasteiger partial charge in [-0.15, -0.1) is 0 Å². The molecule has 0 unspecified atom stereocenters. The largest absolute Gasteiger partial charge is 0.358 e. The fraction of sp³-hybridized carbons (Fsp3) is 0.357. The Kier molecular flexibility index (Phi) is 3.18. The summed E-state index contributed by atoms with van der Waals surface area (Å²) in [5, 5.41) is 1.27. The number of para-hydroxylation sites is 1. The number of hydrogen-bond donors (Lipinski definition) is 1. The highest BCUT2D eigenvalue weighted by Gasteiger charge is 2.09. The Bertz CT molecular complexity index is 542. The van der Waals surface area contributed by atoms with Crippen LogP contribution in [-0.4, -0.2) is 29.4 Å². The Hall–Kier alpha value is -1.77. The fourth-order valence-electron chi connectivity index (χ4n) is 2.09. The molecule has 0 bridgehead atoms. The average Bonchev–Trinajstić information content (AvgIpc) is 2.61. The van der Waals surface area contributed by atoms with E-state index in [0.717, 1.165) is 13.0 Å². The molecule has 3 nitrogen and oxygen atoms in total. The molecule has 17 heavy (non-hydrogen) atoms. The minimum absolute atomic E-state index is 0.113. The lowest BCUT2D eigenvalue weighted by Gasteiger charge is -2.14. The number of carbonyl (C=O) groups is 1. The first-order valence-corrected chi connectivity index (χ1v) is 5.87. The zero-order valence-electron chi connectivity index (χ0n) is 10.6. The Labute approximate surface area is 101 Å². The van der Waals surface area contributed by atoms with E-state index in [0.29, 0.717) is 0 Å². The number of likely N-dealkylation sites (N-methyl/N-ethyl adjacent to an activating group) is 1. The molecule has 3 heteroatoms. The van der Waals surface area contributed by atoms with Crippen LogP contribution in [0.4, 0.5) is 0 Å². The van der Waals surface area contributed by atoms with Gasteiger partial charge in [0.05, 0.1) is 0 Å². The number of nitrogens with zero attached hydrogens (tertiary/aromatic N) is 1. The summed E-state index contributed by atoms with van der Waals surface area (Å²) in [4.78, 5) is 16.3. The van der Waals surface area contributed by atoms with Crippen molar-refractivity contribution in [1.29, 1.82) is 0 Å². The first-order valence-electron chi connectivity index (χ1n) is 5.87. The number of fused-ring (bicyclic) bond motifs is 1. The van der Waals surface area contributed by atoms with Gasteiger partial charge in [-0.3, -0.25) is 4.79 Å². The molecule has 0 aliphatic rings. The molecule has 90 valence electrons. The molecule has 1 aromatic heterocycles. The van der Waals surface area contributed by atoms with Gasteiger partial charge in [0.25, 0.3) is 0 Å². The molecule has 1 amide bonds. The van der Waals surface area contributed by atoms with E-state index < -0.39 is 0 Å². The summed E-state index contributed by atoms with van der Waals surface area (Å²) in [6.45, 7) is 4.45. The first-order chi connectivity index (χ1) is 8.09. The number of hydrogen-bond acceptors (Lipinski definition) is 1. The summed E-state index contributed by atoms with van der Waals surface area (Å²) in [7, 11) is 1.84. The Morgan fingerprint density at radius 3 is 2.76 bits per heavy atom. The van der Waals surface area contributed by atoms with Gasteiger partial charge < -0.3 is 9.88 Å². The second-order valence-electron chi connectivity index (χ2n) is 4.46. The monoisotopic (exact) mass is 230 g/mol. The number of benzene rings is 1. The summed E-state index contributed by atoms with van der Waals surface area (Å²) in [5.74, 6) is 0.113. The maximum atomic E-state index is 11.2. The van der Waals surface area contributed by atoms with Crippen LogP contribution in [0.15, 0.2) is 24.3 Å². The third-order valence-electron chi connectivity index (χ3n) is 3.26. The topological polar surface area (TPSA) is 36.1 Å². The van der Waals surface area contributed by atoms with Gasteiger partial charge in [0, 0.05) is 37.1 Å². The number of aromatic nitrogens is 1. The van der Waals surface area contributed by atoms with Crippen LogP contribution in [0, 0.1) is 6.92 Å². The van der Waals surface area contributed by atoms with Crippen LogP contribution in [0.3, 0.4) is 0 Å². The number of aromatic amines is 1. The van der Waals surface area contributed by atoms with Crippen LogP contribution in [0.1, 0.15) is 18.2 Å². The first kappa shape index (κ1) is 11.7. The van der Waals surface area contributed by atoms with Crippen molar-refractivity contribution in [3.05, 3.63) is 35.5 Å². The minimum Gasteiger partial charge on any atom is -0.358 e. The van der Waals surface area contributed by atoms with E-state index in [1.54, 1.807) is 11.8 Å². The molecule has 0 aliphatic carbocycles. The number of rotatable bonds is 3. The Morgan fingerprint density at radius 1 is 1.35 bits per heavy atom. The van der Waals surface area contributed by atoms with Gasteiger partial charge in [0.2, 0.25) is 5.91 Å². The lowest BCUT2D eigenvalue weighted by molar-refractivity contribution is -0.127. The molecule has 1 N–H and O–H groups in total. The van der Waals surface area contributed by atoms with E-state index >= 15 is 0 Å². The molecule has 0 radical (unpaired) electrons. The zero-order chi connectivity index (χ0) is 12.4. The average molecular weight is 230 g/mol. The third-order valence-corrected chi connectivity index (χ3v) is 3.26. The van der Waals surface area contributed by atoms with Crippen molar-refractivity contribution in [2.45, 2.75) is 20.3 Å². The van der Waals surface area contributed by atoms with Gasteiger partial charge in [-0.25, -0.2) is 0 Å². The Morgan fingerprint density at radius 2 is 2.06 bits per heavy atom. The summed E-state index contributed by atoms with van der Waals surface area (Å²) in [6.07, 6.45) is 0.895. The van der Waals surface area contributed by atoms with Crippen LogP contribution >= 0.6 is 0 Å². The number of carbonyl (C=O) groups excluding carboxylic acids is 1. The molecular formula is C14H18N2O. The molecule has 0 fully saturated rings. The van der Waals surface area contributed by atoms with Crippen molar-refractivity contribution in [3.8, 4) is 0 Å². The maximum absolute atomic E-state index is 11.2. The van der Waals surface area contributed by atoms with Crippen molar-refractivity contribution in [1.82, 2.24) is 9.88 Å². The number of H-pyrrole nitrogens is 1. The smallest absolute Gasteiger partial charge is 0.219 e. The molecule has 2 rings (SSSR count). The van der Waals surface area contributed by atoms with E-state index in [1.165, 1.54) is 22.2 Å². The van der Waals surface area contributed by atoms with Gasteiger partial charge in [-0.05, 0) is 25.0 Å². The van der Waals surface area contributed by atoms with Gasteiger partial charge in [0.15, 0.2) is 0 Å². The van der Waals surface area contributed by atoms with Gasteiger partial charge in [-0.2, -0.15) is 0 Å². The van der Waals surface area contributed by atoms with Crippen LogP contribution in [0.25, 0.3) is 10.9 Å². The second kappa shape index (κ2) is 4.62. The molecule has 0 atom stereocenters. The van der Waals surface area contributed by atoms with Crippen molar-refractivity contribution in [2.75, 3.05) is 13.6 Å². The van der Waals surface area contributed by atoms with Crippen LogP contribution in [0.2, 0.25) is 0 Å². The molecule has 0 saturated carbocycles. The molecule has 0 spiro atoms. The standard InChI is InChI=1S/C14H18N2O/c1-10-12(8-9-16(3)11(2)17)13-6-4-5-7-14(13)15-10/h4-7,15H,8-9H2,1-3H3. The Balaban J connectivity index is 2.23. The summed E-state index contributed by atoms with van der Waals surface area (Å²) >= 11 is 0. The fourth-order valence-corrected chi connectivity index (χ4v) is 2.09. The third kappa shape index (κ3) is 2.33.